The molecule has 0 unspecified atom stereocenters. The first kappa shape index (κ1) is 23.3. The number of carbonyl (C=O) groups excluding carboxylic acids is 1. The van der Waals surface area contributed by atoms with Gasteiger partial charge < -0.3 is 5.32 Å². The summed E-state index contributed by atoms with van der Waals surface area (Å²) < 4.78 is 3.26. The van der Waals surface area contributed by atoms with Crippen LogP contribution >= 0.6 is 0 Å². The van der Waals surface area contributed by atoms with Crippen molar-refractivity contribution in [3.8, 4) is 16.8 Å². The number of hydrogen-bond acceptors (Lipinski definition) is 5. The fraction of sp³-hybridized carbons (Fsp3) is 0.100. The standard InChI is InChI=1S/C30H24N6O2/c1-19(33-29(37)26-20(2)34-35-16-8-15-32-28(26)35)25-17-21-9-6-13-24(22-10-7-14-31-18-22)27(21)30(38)36(25)23-11-4-3-5-12-23/h3-19H,1-2H3,(H,33,37)/t19-/m0/s1. The van der Waals surface area contributed by atoms with Crippen LogP contribution in [0.25, 0.3) is 33.2 Å². The van der Waals surface area contributed by atoms with E-state index in [1.54, 1.807) is 46.9 Å². The second-order valence-corrected chi connectivity index (χ2v) is 9.10. The van der Waals surface area contributed by atoms with Crippen LogP contribution in [0, 0.1) is 6.92 Å². The Kier molecular flexibility index (Phi) is 5.76. The first-order chi connectivity index (χ1) is 18.5. The van der Waals surface area contributed by atoms with Gasteiger partial charge in [0.05, 0.1) is 17.1 Å². The summed E-state index contributed by atoms with van der Waals surface area (Å²) >= 11 is 0. The molecule has 2 aromatic carbocycles. The molecule has 8 heteroatoms. The maximum Gasteiger partial charge on any atom is 0.263 e. The van der Waals surface area contributed by atoms with E-state index in [1.807, 2.05) is 73.7 Å². The van der Waals surface area contributed by atoms with E-state index < -0.39 is 6.04 Å². The highest BCUT2D eigenvalue weighted by molar-refractivity contribution is 6.01. The van der Waals surface area contributed by atoms with Crippen molar-refractivity contribution in [1.82, 2.24) is 29.5 Å². The average molecular weight is 501 g/mol. The van der Waals surface area contributed by atoms with E-state index in [-0.39, 0.29) is 11.5 Å². The first-order valence-electron chi connectivity index (χ1n) is 12.3. The summed E-state index contributed by atoms with van der Waals surface area (Å²) in [4.78, 5) is 36.2. The van der Waals surface area contributed by atoms with Crippen molar-refractivity contribution in [2.45, 2.75) is 19.9 Å². The van der Waals surface area contributed by atoms with Crippen molar-refractivity contribution >= 4 is 22.3 Å². The Labute approximate surface area is 218 Å². The van der Waals surface area contributed by atoms with E-state index in [9.17, 15) is 9.59 Å². The highest BCUT2D eigenvalue weighted by Gasteiger charge is 2.23. The lowest BCUT2D eigenvalue weighted by Crippen LogP contribution is -2.32. The molecule has 1 atom stereocenters. The van der Waals surface area contributed by atoms with Crippen LogP contribution in [-0.4, -0.2) is 30.1 Å². The highest BCUT2D eigenvalue weighted by atomic mass is 16.2. The van der Waals surface area contributed by atoms with Crippen molar-refractivity contribution in [3.63, 3.8) is 0 Å². The fourth-order valence-electron chi connectivity index (χ4n) is 4.91. The second kappa shape index (κ2) is 9.40. The molecule has 0 spiro atoms. The summed E-state index contributed by atoms with van der Waals surface area (Å²) in [6, 6.07) is 22.3. The summed E-state index contributed by atoms with van der Waals surface area (Å²) in [6.07, 6.45) is 6.85. The lowest BCUT2D eigenvalue weighted by atomic mass is 9.99. The van der Waals surface area contributed by atoms with Gasteiger partial charge in [0.15, 0.2) is 5.65 Å². The molecule has 0 saturated heterocycles. The zero-order valence-electron chi connectivity index (χ0n) is 20.9. The molecule has 0 aliphatic rings. The molecule has 6 rings (SSSR count). The summed E-state index contributed by atoms with van der Waals surface area (Å²) in [5.74, 6) is -0.306. The highest BCUT2D eigenvalue weighted by Crippen LogP contribution is 2.29. The minimum absolute atomic E-state index is 0.168. The minimum Gasteiger partial charge on any atom is -0.344 e. The van der Waals surface area contributed by atoms with E-state index in [2.05, 4.69) is 20.4 Å². The van der Waals surface area contributed by atoms with Crippen LogP contribution in [-0.2, 0) is 0 Å². The van der Waals surface area contributed by atoms with E-state index in [1.165, 1.54) is 0 Å². The molecule has 4 aromatic heterocycles. The van der Waals surface area contributed by atoms with Crippen LogP contribution in [0.2, 0.25) is 0 Å². The predicted molar refractivity (Wildman–Crippen MR) is 146 cm³/mol. The van der Waals surface area contributed by atoms with Gasteiger partial charge in [0, 0.05) is 41.7 Å². The van der Waals surface area contributed by atoms with Gasteiger partial charge in [0.1, 0.15) is 5.56 Å². The van der Waals surface area contributed by atoms with Crippen LogP contribution in [0.15, 0.2) is 102 Å². The third-order valence-electron chi connectivity index (χ3n) is 6.65. The summed E-state index contributed by atoms with van der Waals surface area (Å²) in [6.45, 7) is 3.65. The smallest absolute Gasteiger partial charge is 0.263 e. The SMILES string of the molecule is Cc1nn2cccnc2c1C(=O)N[C@@H](C)c1cc2cccc(-c3cccnc3)c2c(=O)n1-c1ccccc1. The van der Waals surface area contributed by atoms with Crippen LogP contribution < -0.4 is 10.9 Å². The molecule has 6 aromatic rings. The van der Waals surface area contributed by atoms with E-state index >= 15 is 0 Å². The van der Waals surface area contributed by atoms with Gasteiger partial charge in [0.2, 0.25) is 0 Å². The Hall–Kier alpha value is -5.11. The molecule has 1 amide bonds. The van der Waals surface area contributed by atoms with Crippen LogP contribution in [0.5, 0.6) is 0 Å². The van der Waals surface area contributed by atoms with Gasteiger partial charge in [-0.1, -0.05) is 42.5 Å². The Bertz CT molecular complexity index is 1860. The van der Waals surface area contributed by atoms with Crippen molar-refractivity contribution in [2.24, 2.45) is 0 Å². The number of aryl methyl sites for hydroxylation is 1. The van der Waals surface area contributed by atoms with Crippen molar-refractivity contribution in [1.29, 1.82) is 0 Å². The third-order valence-corrected chi connectivity index (χ3v) is 6.65. The van der Waals surface area contributed by atoms with Crippen molar-refractivity contribution in [2.75, 3.05) is 0 Å². The van der Waals surface area contributed by atoms with E-state index in [0.29, 0.717) is 33.7 Å². The lowest BCUT2D eigenvalue weighted by molar-refractivity contribution is 0.0939. The number of aromatic nitrogens is 5. The Morgan fingerprint density at radius 3 is 2.61 bits per heavy atom. The summed E-state index contributed by atoms with van der Waals surface area (Å²) in [5.41, 5.74) is 4.34. The van der Waals surface area contributed by atoms with E-state index in [4.69, 9.17) is 0 Å². The van der Waals surface area contributed by atoms with Gasteiger partial charge in [-0.15, -0.1) is 0 Å². The number of hydrogen-bond donors (Lipinski definition) is 1. The largest absolute Gasteiger partial charge is 0.344 e. The van der Waals surface area contributed by atoms with Gasteiger partial charge in [0.25, 0.3) is 11.5 Å². The molecule has 4 heterocycles. The number of pyridine rings is 2. The predicted octanol–water partition coefficient (Wildman–Crippen LogP) is 4.89. The monoisotopic (exact) mass is 500 g/mol. The molecule has 0 bridgehead atoms. The average Bonchev–Trinajstić information content (AvgIpc) is 3.29. The third kappa shape index (κ3) is 3.92. The number of fused-ring (bicyclic) bond motifs is 2. The van der Waals surface area contributed by atoms with Crippen LogP contribution in [0.3, 0.4) is 0 Å². The maximum atomic E-state index is 14.2. The zero-order chi connectivity index (χ0) is 26.2. The molecular weight excluding hydrogens is 476 g/mol. The number of rotatable bonds is 5. The quantitative estimate of drug-likeness (QED) is 0.364. The molecule has 8 nitrogen and oxygen atoms in total. The normalized spacial score (nSPS) is 12.1. The van der Waals surface area contributed by atoms with Crippen molar-refractivity contribution in [3.05, 3.63) is 125 Å². The number of carbonyl (C=O) groups is 1. The molecule has 1 N–H and O–H groups in total. The molecule has 186 valence electrons. The Morgan fingerprint density at radius 1 is 0.974 bits per heavy atom. The summed E-state index contributed by atoms with van der Waals surface area (Å²) in [7, 11) is 0. The number of nitrogens with one attached hydrogen (secondary N) is 1. The van der Waals surface area contributed by atoms with Gasteiger partial charge in [-0.3, -0.25) is 19.1 Å². The first-order valence-corrected chi connectivity index (χ1v) is 12.3. The second-order valence-electron chi connectivity index (χ2n) is 9.10. The number of benzene rings is 2. The molecule has 0 fully saturated rings. The molecule has 0 aliphatic heterocycles. The topological polar surface area (TPSA) is 94.2 Å². The van der Waals surface area contributed by atoms with Crippen LogP contribution in [0.4, 0.5) is 0 Å². The van der Waals surface area contributed by atoms with Crippen molar-refractivity contribution < 1.29 is 4.79 Å². The number of amides is 1. The molecule has 0 saturated carbocycles. The number of nitrogens with zero attached hydrogens (tertiary/aromatic N) is 5. The van der Waals surface area contributed by atoms with Gasteiger partial charge in [-0.05, 0) is 55.1 Å². The molecule has 0 aliphatic carbocycles. The van der Waals surface area contributed by atoms with Crippen LogP contribution in [0.1, 0.15) is 34.7 Å². The van der Waals surface area contributed by atoms with Gasteiger partial charge >= 0.3 is 0 Å². The van der Waals surface area contributed by atoms with Gasteiger partial charge in [-0.2, -0.15) is 5.10 Å². The Balaban J connectivity index is 1.51. The molecule has 0 radical (unpaired) electrons. The fourth-order valence-corrected chi connectivity index (χ4v) is 4.91. The van der Waals surface area contributed by atoms with E-state index in [0.717, 1.165) is 16.5 Å². The zero-order valence-corrected chi connectivity index (χ0v) is 20.9. The maximum absolute atomic E-state index is 14.2. The Morgan fingerprint density at radius 2 is 1.82 bits per heavy atom. The minimum atomic E-state index is -0.500. The van der Waals surface area contributed by atoms with Gasteiger partial charge in [-0.25, -0.2) is 9.50 Å². The lowest BCUT2D eigenvalue weighted by Gasteiger charge is -2.21. The molecule has 38 heavy (non-hydrogen) atoms. The summed E-state index contributed by atoms with van der Waals surface area (Å²) in [5, 5.41) is 8.86. The number of para-hydroxylation sites is 1. The molecular formula is C30H24N6O2.